The highest BCUT2D eigenvalue weighted by molar-refractivity contribution is 7.99. The van der Waals surface area contributed by atoms with Gasteiger partial charge >= 0.3 is 0 Å². The maximum Gasteiger partial charge on any atom is 0.0705 e. The van der Waals surface area contributed by atoms with Crippen molar-refractivity contribution in [3.8, 4) is 0 Å². The van der Waals surface area contributed by atoms with E-state index in [1.54, 1.807) is 11.8 Å². The van der Waals surface area contributed by atoms with Crippen LogP contribution in [-0.2, 0) is 0 Å². The molecule has 4 N–H and O–H groups in total. The fourth-order valence-corrected chi connectivity index (χ4v) is 4.39. The van der Waals surface area contributed by atoms with Gasteiger partial charge in [0.2, 0.25) is 0 Å². The minimum atomic E-state index is -0.0516. The summed E-state index contributed by atoms with van der Waals surface area (Å²) in [6.07, 6.45) is 3.66. The van der Waals surface area contributed by atoms with Crippen LogP contribution in [0.15, 0.2) is 73.1 Å². The van der Waals surface area contributed by atoms with Gasteiger partial charge in [-0.2, -0.15) is 11.8 Å². The summed E-state index contributed by atoms with van der Waals surface area (Å²) in [5.41, 5.74) is 17.2. The highest BCUT2D eigenvalue weighted by Crippen LogP contribution is 2.27. The Labute approximate surface area is 163 Å². The molecule has 2 heterocycles. The van der Waals surface area contributed by atoms with Crippen molar-refractivity contribution in [2.75, 3.05) is 11.5 Å². The first-order valence-electron chi connectivity index (χ1n) is 9.00. The number of thioether (sulfide) groups is 1. The van der Waals surface area contributed by atoms with Gasteiger partial charge in [0.15, 0.2) is 0 Å². The van der Waals surface area contributed by atoms with E-state index in [0.717, 1.165) is 44.4 Å². The van der Waals surface area contributed by atoms with Crippen LogP contribution in [0.1, 0.15) is 23.2 Å². The van der Waals surface area contributed by atoms with E-state index in [2.05, 4.69) is 22.1 Å². The molecule has 0 bridgehead atoms. The third-order valence-corrected chi connectivity index (χ3v) is 5.95. The topological polar surface area (TPSA) is 77.8 Å². The van der Waals surface area contributed by atoms with Crippen LogP contribution in [0.2, 0.25) is 0 Å². The van der Waals surface area contributed by atoms with Crippen molar-refractivity contribution in [1.29, 1.82) is 0 Å². The smallest absolute Gasteiger partial charge is 0.0705 e. The predicted molar refractivity (Wildman–Crippen MR) is 115 cm³/mol. The van der Waals surface area contributed by atoms with E-state index < -0.39 is 0 Å². The fourth-order valence-electron chi connectivity index (χ4n) is 3.38. The van der Waals surface area contributed by atoms with Gasteiger partial charge in [0.25, 0.3) is 0 Å². The molecule has 0 amide bonds. The Bertz CT molecular complexity index is 970. The molecule has 4 rings (SSSR count). The summed E-state index contributed by atoms with van der Waals surface area (Å²) in [7, 11) is 0. The lowest BCUT2D eigenvalue weighted by molar-refractivity contribution is 0.817. The van der Waals surface area contributed by atoms with E-state index in [4.69, 9.17) is 11.5 Å². The first kappa shape index (κ1) is 17.9. The quantitative estimate of drug-likeness (QED) is 0.528. The van der Waals surface area contributed by atoms with E-state index in [0.29, 0.717) is 0 Å². The standard InChI is InChI=1S/C22H22N4S/c23-19(15-9-11-25-21-7-3-1-5-17(15)21)13-27-14-20(24)16-10-12-26-22-8-4-2-6-18(16)22/h1-12,19-20H,13-14,23-24H2. The molecule has 2 unspecified atom stereocenters. The van der Waals surface area contributed by atoms with Crippen LogP contribution in [0, 0.1) is 0 Å². The van der Waals surface area contributed by atoms with Gasteiger partial charge in [-0.1, -0.05) is 36.4 Å². The molecule has 0 spiro atoms. The van der Waals surface area contributed by atoms with Gasteiger partial charge in [-0.25, -0.2) is 0 Å². The molecule has 4 nitrogen and oxygen atoms in total. The molecule has 2 aromatic carbocycles. The summed E-state index contributed by atoms with van der Waals surface area (Å²) in [4.78, 5) is 8.83. The molecule has 136 valence electrons. The van der Waals surface area contributed by atoms with E-state index in [1.807, 2.05) is 60.9 Å². The number of hydrogen-bond acceptors (Lipinski definition) is 5. The van der Waals surface area contributed by atoms with Crippen LogP contribution in [0.25, 0.3) is 21.8 Å². The summed E-state index contributed by atoms with van der Waals surface area (Å²) in [6.45, 7) is 0. The van der Waals surface area contributed by atoms with Gasteiger partial charge in [-0.3, -0.25) is 9.97 Å². The average Bonchev–Trinajstić information content (AvgIpc) is 2.72. The zero-order valence-corrected chi connectivity index (χ0v) is 15.8. The minimum absolute atomic E-state index is 0.0516. The number of aromatic nitrogens is 2. The second kappa shape index (κ2) is 8.05. The summed E-state index contributed by atoms with van der Waals surface area (Å²) in [5, 5.41) is 2.25. The molecule has 2 atom stereocenters. The van der Waals surface area contributed by atoms with Crippen LogP contribution in [0.4, 0.5) is 0 Å². The Hall–Kier alpha value is -2.47. The molecule has 0 saturated heterocycles. The van der Waals surface area contributed by atoms with Crippen LogP contribution in [-0.4, -0.2) is 21.5 Å². The van der Waals surface area contributed by atoms with Gasteiger partial charge in [-0.05, 0) is 35.4 Å². The molecule has 5 heteroatoms. The second-order valence-electron chi connectivity index (χ2n) is 6.59. The summed E-state index contributed by atoms with van der Waals surface area (Å²) in [5.74, 6) is 1.62. The molecular weight excluding hydrogens is 352 g/mol. The van der Waals surface area contributed by atoms with E-state index in [1.165, 1.54) is 0 Å². The number of nitrogens with two attached hydrogens (primary N) is 2. The monoisotopic (exact) mass is 374 g/mol. The molecule has 0 aliphatic rings. The summed E-state index contributed by atoms with van der Waals surface area (Å²) >= 11 is 1.79. The number of pyridine rings is 2. The first-order chi connectivity index (χ1) is 13.2. The van der Waals surface area contributed by atoms with Crippen LogP contribution in [0.3, 0.4) is 0 Å². The molecule has 0 aliphatic carbocycles. The number of nitrogens with zero attached hydrogens (tertiary/aromatic N) is 2. The van der Waals surface area contributed by atoms with Gasteiger partial charge in [0.05, 0.1) is 11.0 Å². The third-order valence-electron chi connectivity index (χ3n) is 4.76. The Morgan fingerprint density at radius 3 is 1.59 bits per heavy atom. The maximum atomic E-state index is 6.48. The Balaban J connectivity index is 1.44. The average molecular weight is 375 g/mol. The molecular formula is C22H22N4S. The molecule has 4 aromatic rings. The Kier molecular flexibility index (Phi) is 5.34. The zero-order valence-electron chi connectivity index (χ0n) is 15.0. The van der Waals surface area contributed by atoms with Gasteiger partial charge in [-0.15, -0.1) is 0 Å². The van der Waals surface area contributed by atoms with Gasteiger partial charge in [0.1, 0.15) is 0 Å². The SMILES string of the molecule is NC(CSCC(N)c1ccnc2ccccc12)c1ccnc2ccccc12. The highest BCUT2D eigenvalue weighted by Gasteiger charge is 2.14. The Morgan fingerprint density at radius 1 is 0.667 bits per heavy atom. The largest absolute Gasteiger partial charge is 0.323 e. The molecule has 0 radical (unpaired) electrons. The number of rotatable bonds is 6. The van der Waals surface area contributed by atoms with Gasteiger partial charge in [0, 0.05) is 46.8 Å². The number of hydrogen-bond donors (Lipinski definition) is 2. The van der Waals surface area contributed by atoms with Crippen molar-refractivity contribution in [1.82, 2.24) is 9.97 Å². The van der Waals surface area contributed by atoms with Crippen LogP contribution >= 0.6 is 11.8 Å². The lowest BCUT2D eigenvalue weighted by Gasteiger charge is -2.17. The highest BCUT2D eigenvalue weighted by atomic mass is 32.2. The molecule has 0 fully saturated rings. The molecule has 2 aromatic heterocycles. The van der Waals surface area contributed by atoms with Gasteiger partial charge < -0.3 is 11.5 Å². The Morgan fingerprint density at radius 2 is 1.11 bits per heavy atom. The zero-order chi connectivity index (χ0) is 18.6. The number of benzene rings is 2. The lowest BCUT2D eigenvalue weighted by atomic mass is 10.0. The van der Waals surface area contributed by atoms with Crippen molar-refractivity contribution in [3.63, 3.8) is 0 Å². The lowest BCUT2D eigenvalue weighted by Crippen LogP contribution is -2.17. The fraction of sp³-hybridized carbons (Fsp3) is 0.182. The van der Waals surface area contributed by atoms with Crippen molar-refractivity contribution >= 4 is 33.6 Å². The van der Waals surface area contributed by atoms with Crippen molar-refractivity contribution < 1.29 is 0 Å². The molecule has 0 saturated carbocycles. The second-order valence-corrected chi connectivity index (χ2v) is 7.66. The number of fused-ring (bicyclic) bond motifs is 2. The van der Waals surface area contributed by atoms with Crippen molar-refractivity contribution in [3.05, 3.63) is 84.2 Å². The van der Waals surface area contributed by atoms with E-state index in [9.17, 15) is 0 Å². The summed E-state index contributed by atoms with van der Waals surface area (Å²) < 4.78 is 0. The minimum Gasteiger partial charge on any atom is -0.323 e. The van der Waals surface area contributed by atoms with Crippen molar-refractivity contribution in [2.45, 2.75) is 12.1 Å². The third kappa shape index (κ3) is 3.81. The molecule has 0 aliphatic heterocycles. The van der Waals surface area contributed by atoms with Crippen molar-refractivity contribution in [2.24, 2.45) is 11.5 Å². The van der Waals surface area contributed by atoms with Crippen LogP contribution < -0.4 is 11.5 Å². The van der Waals surface area contributed by atoms with E-state index >= 15 is 0 Å². The maximum absolute atomic E-state index is 6.48. The first-order valence-corrected chi connectivity index (χ1v) is 10.2. The normalized spacial score (nSPS) is 13.7. The summed E-state index contributed by atoms with van der Waals surface area (Å²) in [6, 6.07) is 20.2. The predicted octanol–water partition coefficient (Wildman–Crippen LogP) is 4.22. The number of para-hydroxylation sites is 2. The molecule has 27 heavy (non-hydrogen) atoms. The van der Waals surface area contributed by atoms with Crippen LogP contribution in [0.5, 0.6) is 0 Å². The van der Waals surface area contributed by atoms with E-state index in [-0.39, 0.29) is 12.1 Å².